The zero-order chi connectivity index (χ0) is 15.3. The Morgan fingerprint density at radius 2 is 2.00 bits per heavy atom. The van der Waals surface area contributed by atoms with Gasteiger partial charge < -0.3 is 9.47 Å². The van der Waals surface area contributed by atoms with Gasteiger partial charge in [0.2, 0.25) is 0 Å². The van der Waals surface area contributed by atoms with Crippen LogP contribution in [0.3, 0.4) is 0 Å². The molecule has 0 saturated carbocycles. The van der Waals surface area contributed by atoms with Gasteiger partial charge in [-0.2, -0.15) is 0 Å². The Morgan fingerprint density at radius 1 is 1.35 bits per heavy atom. The number of hydrogen-bond acceptors (Lipinski definition) is 4. The van der Waals surface area contributed by atoms with Crippen molar-refractivity contribution in [3.63, 3.8) is 0 Å². The third kappa shape index (κ3) is 4.25. The number of carbonyl (C=O) groups is 2. The van der Waals surface area contributed by atoms with Crippen molar-refractivity contribution >= 4 is 12.1 Å². The van der Waals surface area contributed by atoms with Crippen molar-refractivity contribution in [2.24, 2.45) is 0 Å². The number of carbonyl (C=O) groups excluding carboxylic acids is 2. The summed E-state index contributed by atoms with van der Waals surface area (Å²) in [4.78, 5) is 25.8. The molecule has 0 aromatic rings. The molecule has 0 aromatic heterocycles. The zero-order valence-electron chi connectivity index (χ0n) is 12.8. The lowest BCUT2D eigenvalue weighted by molar-refractivity contribution is -0.148. The van der Waals surface area contributed by atoms with Crippen LogP contribution in [0.15, 0.2) is 12.7 Å². The van der Waals surface area contributed by atoms with Crippen molar-refractivity contribution in [1.82, 2.24) is 4.90 Å². The molecule has 1 amide bonds. The highest BCUT2D eigenvalue weighted by atomic mass is 16.6. The largest absolute Gasteiger partial charge is 0.464 e. The summed E-state index contributed by atoms with van der Waals surface area (Å²) in [6, 6.07) is -0.591. The maximum atomic E-state index is 12.3. The maximum absolute atomic E-state index is 12.3. The van der Waals surface area contributed by atoms with Crippen LogP contribution in [0, 0.1) is 0 Å². The minimum Gasteiger partial charge on any atom is -0.464 e. The summed E-state index contributed by atoms with van der Waals surface area (Å²) < 4.78 is 10.5. The van der Waals surface area contributed by atoms with E-state index in [1.165, 1.54) is 4.90 Å². The lowest BCUT2D eigenvalue weighted by Crippen LogP contribution is -2.47. The van der Waals surface area contributed by atoms with Crippen molar-refractivity contribution in [3.8, 4) is 0 Å². The molecule has 0 N–H and O–H groups in total. The van der Waals surface area contributed by atoms with Crippen LogP contribution in [-0.4, -0.2) is 41.3 Å². The zero-order valence-corrected chi connectivity index (χ0v) is 12.8. The van der Waals surface area contributed by atoms with E-state index < -0.39 is 17.7 Å². The predicted molar refractivity (Wildman–Crippen MR) is 76.3 cm³/mol. The SMILES string of the molecule is C=CC[C@H]1CC[C@H](C(=O)OCC)N1C(=O)OC(C)(C)C. The van der Waals surface area contributed by atoms with Crippen molar-refractivity contribution in [2.45, 2.75) is 64.6 Å². The highest BCUT2D eigenvalue weighted by Crippen LogP contribution is 2.29. The highest BCUT2D eigenvalue weighted by Gasteiger charge is 2.43. The standard InChI is InChI=1S/C15H25NO4/c1-6-8-11-9-10-12(13(17)19-7-2)16(11)14(18)20-15(3,4)5/h6,11-12H,1,7-10H2,2-5H3/t11-,12+/m0/s1. The van der Waals surface area contributed by atoms with Gasteiger partial charge in [-0.1, -0.05) is 6.08 Å². The number of esters is 1. The second kappa shape index (κ2) is 6.77. The summed E-state index contributed by atoms with van der Waals surface area (Å²) in [5.74, 6) is -0.357. The lowest BCUT2D eigenvalue weighted by atomic mass is 10.1. The minimum absolute atomic E-state index is 0.0447. The van der Waals surface area contributed by atoms with Crippen LogP contribution < -0.4 is 0 Å². The minimum atomic E-state index is -0.586. The first-order valence-electron chi connectivity index (χ1n) is 7.09. The van der Waals surface area contributed by atoms with Crippen LogP contribution in [-0.2, 0) is 14.3 Å². The van der Waals surface area contributed by atoms with E-state index in [9.17, 15) is 9.59 Å². The maximum Gasteiger partial charge on any atom is 0.411 e. The third-order valence-electron chi connectivity index (χ3n) is 3.10. The Hall–Kier alpha value is -1.52. The Kier molecular flexibility index (Phi) is 5.60. The average molecular weight is 283 g/mol. The molecular weight excluding hydrogens is 258 g/mol. The number of amides is 1. The molecule has 0 radical (unpaired) electrons. The van der Waals surface area contributed by atoms with Gasteiger partial charge in [0.05, 0.1) is 6.61 Å². The van der Waals surface area contributed by atoms with Crippen molar-refractivity contribution in [3.05, 3.63) is 12.7 Å². The summed E-state index contributed by atoms with van der Waals surface area (Å²) >= 11 is 0. The normalized spacial score (nSPS) is 22.5. The monoisotopic (exact) mass is 283 g/mol. The summed E-state index contributed by atoms with van der Waals surface area (Å²) in [6.45, 7) is 11.2. The molecule has 20 heavy (non-hydrogen) atoms. The number of nitrogens with zero attached hydrogens (tertiary/aromatic N) is 1. The molecular formula is C15H25NO4. The van der Waals surface area contributed by atoms with Gasteiger partial charge in [-0.15, -0.1) is 6.58 Å². The van der Waals surface area contributed by atoms with Gasteiger partial charge in [-0.25, -0.2) is 9.59 Å². The second-order valence-electron chi connectivity index (χ2n) is 5.91. The summed E-state index contributed by atoms with van der Waals surface area (Å²) in [5, 5.41) is 0. The van der Waals surface area contributed by atoms with Gasteiger partial charge >= 0.3 is 12.1 Å². The smallest absolute Gasteiger partial charge is 0.411 e. The molecule has 0 bridgehead atoms. The van der Waals surface area contributed by atoms with Gasteiger partial charge in [0.25, 0.3) is 0 Å². The molecule has 1 aliphatic heterocycles. The Bertz CT molecular complexity index is 373. The first-order valence-corrected chi connectivity index (χ1v) is 7.09. The van der Waals surface area contributed by atoms with E-state index in [4.69, 9.17) is 9.47 Å². The molecule has 1 fully saturated rings. The molecule has 0 unspecified atom stereocenters. The van der Waals surface area contributed by atoms with E-state index in [1.54, 1.807) is 13.0 Å². The Morgan fingerprint density at radius 3 is 2.50 bits per heavy atom. The van der Waals surface area contributed by atoms with Crippen LogP contribution in [0.1, 0.15) is 47.0 Å². The summed E-state index contributed by atoms with van der Waals surface area (Å²) in [5.41, 5.74) is -0.586. The molecule has 1 aliphatic rings. The number of likely N-dealkylation sites (tertiary alicyclic amines) is 1. The topological polar surface area (TPSA) is 55.8 Å². The molecule has 1 saturated heterocycles. The molecule has 0 aromatic carbocycles. The summed E-state index contributed by atoms with van der Waals surface area (Å²) in [6.07, 6.45) is 3.32. The molecule has 1 heterocycles. The van der Waals surface area contributed by atoms with Crippen LogP contribution in [0.4, 0.5) is 4.79 Å². The Labute approximate surface area is 120 Å². The van der Waals surface area contributed by atoms with E-state index in [1.807, 2.05) is 20.8 Å². The van der Waals surface area contributed by atoms with Gasteiger partial charge in [0.15, 0.2) is 0 Å². The first kappa shape index (κ1) is 16.5. The van der Waals surface area contributed by atoms with Crippen LogP contribution >= 0.6 is 0 Å². The third-order valence-corrected chi connectivity index (χ3v) is 3.10. The van der Waals surface area contributed by atoms with Crippen molar-refractivity contribution in [1.29, 1.82) is 0 Å². The molecule has 5 heteroatoms. The lowest BCUT2D eigenvalue weighted by Gasteiger charge is -2.31. The quantitative estimate of drug-likeness (QED) is 0.588. The van der Waals surface area contributed by atoms with E-state index in [0.29, 0.717) is 19.4 Å². The van der Waals surface area contributed by atoms with E-state index in [-0.39, 0.29) is 12.0 Å². The fraction of sp³-hybridized carbons (Fsp3) is 0.733. The first-order chi connectivity index (χ1) is 9.30. The molecule has 114 valence electrons. The van der Waals surface area contributed by atoms with Gasteiger partial charge in [-0.05, 0) is 47.0 Å². The highest BCUT2D eigenvalue weighted by molar-refractivity contribution is 5.82. The fourth-order valence-corrected chi connectivity index (χ4v) is 2.37. The molecule has 0 aliphatic carbocycles. The van der Waals surface area contributed by atoms with Crippen LogP contribution in [0.5, 0.6) is 0 Å². The number of ether oxygens (including phenoxy) is 2. The molecule has 5 nitrogen and oxygen atoms in total. The van der Waals surface area contributed by atoms with Crippen molar-refractivity contribution < 1.29 is 19.1 Å². The Balaban J connectivity index is 2.87. The number of hydrogen-bond donors (Lipinski definition) is 0. The van der Waals surface area contributed by atoms with E-state index in [2.05, 4.69) is 6.58 Å². The van der Waals surface area contributed by atoms with Gasteiger partial charge in [0, 0.05) is 6.04 Å². The molecule has 1 rings (SSSR count). The van der Waals surface area contributed by atoms with Crippen LogP contribution in [0.2, 0.25) is 0 Å². The van der Waals surface area contributed by atoms with E-state index in [0.717, 1.165) is 6.42 Å². The number of rotatable bonds is 4. The molecule has 2 atom stereocenters. The van der Waals surface area contributed by atoms with Gasteiger partial charge in [0.1, 0.15) is 11.6 Å². The van der Waals surface area contributed by atoms with Gasteiger partial charge in [-0.3, -0.25) is 4.90 Å². The predicted octanol–water partition coefficient (Wildman–Crippen LogP) is 2.89. The van der Waals surface area contributed by atoms with Crippen molar-refractivity contribution in [2.75, 3.05) is 6.61 Å². The second-order valence-corrected chi connectivity index (χ2v) is 5.91. The summed E-state index contributed by atoms with van der Waals surface area (Å²) in [7, 11) is 0. The average Bonchev–Trinajstić information content (AvgIpc) is 2.71. The van der Waals surface area contributed by atoms with E-state index >= 15 is 0 Å². The fourth-order valence-electron chi connectivity index (χ4n) is 2.37. The molecule has 0 spiro atoms. The van der Waals surface area contributed by atoms with Crippen LogP contribution in [0.25, 0.3) is 0 Å².